The Kier molecular flexibility index (Phi) is 4.61. The Bertz CT molecular complexity index is 194. The lowest BCUT2D eigenvalue weighted by Crippen LogP contribution is -2.34. The molecule has 0 aliphatic rings. The van der Waals surface area contributed by atoms with Crippen LogP contribution in [0.3, 0.4) is 0 Å². The normalized spacial score (nSPS) is 14.8. The van der Waals surface area contributed by atoms with Crippen LogP contribution in [0.25, 0.3) is 0 Å². The van der Waals surface area contributed by atoms with Gasteiger partial charge in [-0.05, 0) is 32.6 Å². The van der Waals surface area contributed by atoms with Crippen LogP contribution in [-0.2, 0) is 0 Å². The van der Waals surface area contributed by atoms with Gasteiger partial charge in [0.15, 0.2) is 0 Å². The molecular weight excluding hydrogens is 306 g/mol. The number of hydrogen-bond donors (Lipinski definition) is 0. The molecule has 0 saturated heterocycles. The zero-order valence-electron chi connectivity index (χ0n) is 6.76. The molecule has 13 heavy (non-hydrogen) atoms. The number of halogens is 6. The molecule has 0 unspecified atom stereocenters. The number of hydrogen-bond acceptors (Lipinski definition) is 0. The summed E-state index contributed by atoms with van der Waals surface area (Å²) in [6.45, 7) is 1.71. The topological polar surface area (TPSA) is 0 Å². The Morgan fingerprint density at radius 1 is 1.23 bits per heavy atom. The smallest absolute Gasteiger partial charge is 0.191 e. The van der Waals surface area contributed by atoms with Gasteiger partial charge in [0.1, 0.15) is 0 Å². The molecule has 0 atom stereocenters. The molecule has 0 aliphatic carbocycles. The van der Waals surface area contributed by atoms with E-state index < -0.39 is 12.1 Å². The van der Waals surface area contributed by atoms with Gasteiger partial charge >= 0.3 is 12.1 Å². The second-order valence-electron chi connectivity index (χ2n) is 2.46. The summed E-state index contributed by atoms with van der Waals surface area (Å²) in [6.07, 6.45) is -4.73. The molecule has 0 aromatic carbocycles. The van der Waals surface area contributed by atoms with Gasteiger partial charge in [-0.1, -0.05) is 13.3 Å². The summed E-state index contributed by atoms with van der Waals surface area (Å²) in [7, 11) is 0. The highest BCUT2D eigenvalue weighted by atomic mass is 127. The van der Waals surface area contributed by atoms with Crippen LogP contribution in [0.2, 0.25) is 0 Å². The van der Waals surface area contributed by atoms with Crippen LogP contribution < -0.4 is 0 Å². The molecule has 0 fully saturated rings. The van der Waals surface area contributed by atoms with Gasteiger partial charge in [0.25, 0.3) is 0 Å². The Labute approximate surface area is 86.3 Å². The monoisotopic (exact) mass is 314 g/mol. The lowest BCUT2D eigenvalue weighted by molar-refractivity contribution is -0.259. The van der Waals surface area contributed by atoms with Crippen molar-refractivity contribution in [3.8, 4) is 0 Å². The molecule has 0 rings (SSSR count). The summed E-state index contributed by atoms with van der Waals surface area (Å²) in [5.74, 6) is -4.71. The summed E-state index contributed by atoms with van der Waals surface area (Å²) in [6, 6.07) is 0. The molecule has 0 nitrogen and oxygen atoms in total. The molecule has 0 radical (unpaired) electrons. The van der Waals surface area contributed by atoms with E-state index in [1.165, 1.54) is 22.6 Å². The fourth-order valence-corrected chi connectivity index (χ4v) is 1.52. The highest BCUT2D eigenvalue weighted by Gasteiger charge is 2.55. The molecule has 0 heterocycles. The van der Waals surface area contributed by atoms with E-state index in [9.17, 15) is 22.0 Å². The summed E-state index contributed by atoms with van der Waals surface area (Å²) < 4.78 is 59.5. The van der Waals surface area contributed by atoms with Crippen LogP contribution in [0.1, 0.15) is 19.8 Å². The summed E-state index contributed by atoms with van der Waals surface area (Å²) >= 11 is 1.49. The van der Waals surface area contributed by atoms with Gasteiger partial charge < -0.3 is 0 Å². The zero-order chi connectivity index (χ0) is 10.7. The van der Waals surface area contributed by atoms with Crippen LogP contribution in [0.4, 0.5) is 22.0 Å². The van der Waals surface area contributed by atoms with Crippen molar-refractivity contribution in [2.45, 2.75) is 31.9 Å². The first-order chi connectivity index (χ1) is 5.70. The summed E-state index contributed by atoms with van der Waals surface area (Å²) in [5, 5.41) is 0. The minimum absolute atomic E-state index is 0.0300. The first-order valence-electron chi connectivity index (χ1n) is 3.52. The molecule has 0 saturated carbocycles. The first-order valence-corrected chi connectivity index (χ1v) is 4.60. The van der Waals surface area contributed by atoms with Crippen LogP contribution in [-0.4, -0.2) is 12.1 Å². The van der Waals surface area contributed by atoms with Crippen LogP contribution >= 0.6 is 22.6 Å². The van der Waals surface area contributed by atoms with E-state index in [1.807, 2.05) is 0 Å². The zero-order valence-corrected chi connectivity index (χ0v) is 8.92. The van der Waals surface area contributed by atoms with Gasteiger partial charge in [-0.15, -0.1) is 0 Å². The Hall–Kier alpha value is 0.120. The van der Waals surface area contributed by atoms with E-state index in [4.69, 9.17) is 0 Å². The Morgan fingerprint density at radius 3 is 2.00 bits per heavy atom. The second-order valence-corrected chi connectivity index (χ2v) is 3.85. The van der Waals surface area contributed by atoms with Crippen molar-refractivity contribution >= 4 is 22.6 Å². The molecule has 0 aromatic rings. The van der Waals surface area contributed by atoms with Crippen molar-refractivity contribution in [1.29, 1.82) is 0 Å². The number of allylic oxidation sites excluding steroid dienone is 2. The molecule has 0 amide bonds. The lowest BCUT2D eigenvalue weighted by Gasteiger charge is -2.16. The molecule has 0 aromatic heterocycles. The minimum atomic E-state index is -5.49. The Balaban J connectivity index is 4.57. The SMILES string of the molecule is CCCC(I)=CC(F)(F)C(F)(F)F. The third-order valence-electron chi connectivity index (χ3n) is 1.20. The van der Waals surface area contributed by atoms with Gasteiger partial charge in [0.05, 0.1) is 0 Å². The summed E-state index contributed by atoms with van der Waals surface area (Å²) in [5.41, 5.74) is 0. The van der Waals surface area contributed by atoms with Crippen molar-refractivity contribution in [2.75, 3.05) is 0 Å². The quantitative estimate of drug-likeness (QED) is 0.538. The fraction of sp³-hybridized carbons (Fsp3) is 0.714. The van der Waals surface area contributed by atoms with Crippen molar-refractivity contribution in [1.82, 2.24) is 0 Å². The van der Waals surface area contributed by atoms with Crippen LogP contribution in [0, 0.1) is 0 Å². The van der Waals surface area contributed by atoms with Crippen LogP contribution in [0.5, 0.6) is 0 Å². The van der Waals surface area contributed by atoms with E-state index in [0.29, 0.717) is 6.42 Å². The van der Waals surface area contributed by atoms with Crippen molar-refractivity contribution in [2.24, 2.45) is 0 Å². The van der Waals surface area contributed by atoms with E-state index >= 15 is 0 Å². The van der Waals surface area contributed by atoms with Crippen molar-refractivity contribution in [3.63, 3.8) is 0 Å². The van der Waals surface area contributed by atoms with Gasteiger partial charge in [-0.25, -0.2) is 0 Å². The Morgan fingerprint density at radius 2 is 1.69 bits per heavy atom. The first kappa shape index (κ1) is 13.1. The largest absolute Gasteiger partial charge is 0.457 e. The third kappa shape index (κ3) is 4.24. The van der Waals surface area contributed by atoms with Gasteiger partial charge in [0.2, 0.25) is 0 Å². The average molecular weight is 314 g/mol. The number of alkyl halides is 5. The predicted octanol–water partition coefficient (Wildman–Crippen LogP) is 4.30. The van der Waals surface area contributed by atoms with E-state index in [1.54, 1.807) is 6.92 Å². The van der Waals surface area contributed by atoms with Gasteiger partial charge in [-0.2, -0.15) is 22.0 Å². The standard InChI is InChI=1S/C7H8F5I/c1-2-3-5(13)4-6(8,9)7(10,11)12/h4H,2-3H2,1H3. The lowest BCUT2D eigenvalue weighted by atomic mass is 10.2. The predicted molar refractivity (Wildman–Crippen MR) is 48.0 cm³/mol. The molecular formula is C7H8F5I. The molecule has 78 valence electrons. The highest BCUT2D eigenvalue weighted by molar-refractivity contribution is 14.1. The average Bonchev–Trinajstić information content (AvgIpc) is 1.83. The second kappa shape index (κ2) is 4.56. The molecule has 6 heteroatoms. The van der Waals surface area contributed by atoms with Crippen LogP contribution in [0.15, 0.2) is 9.66 Å². The van der Waals surface area contributed by atoms with E-state index in [2.05, 4.69) is 0 Å². The minimum Gasteiger partial charge on any atom is -0.191 e. The van der Waals surface area contributed by atoms with Gasteiger partial charge in [-0.3, -0.25) is 0 Å². The maximum absolute atomic E-state index is 12.3. The maximum atomic E-state index is 12.3. The highest BCUT2D eigenvalue weighted by Crippen LogP contribution is 2.38. The maximum Gasteiger partial charge on any atom is 0.457 e. The van der Waals surface area contributed by atoms with E-state index in [-0.39, 0.29) is 16.1 Å². The molecule has 0 spiro atoms. The van der Waals surface area contributed by atoms with Crippen molar-refractivity contribution < 1.29 is 22.0 Å². The molecule has 0 aliphatic heterocycles. The number of rotatable bonds is 3. The summed E-state index contributed by atoms with van der Waals surface area (Å²) in [4.78, 5) is 0. The van der Waals surface area contributed by atoms with Crippen molar-refractivity contribution in [3.05, 3.63) is 9.66 Å². The molecule has 0 bridgehead atoms. The fourth-order valence-electron chi connectivity index (χ4n) is 0.590. The van der Waals surface area contributed by atoms with E-state index in [0.717, 1.165) is 0 Å². The molecule has 0 N–H and O–H groups in total. The third-order valence-corrected chi connectivity index (χ3v) is 2.06. The van der Waals surface area contributed by atoms with Gasteiger partial charge in [0, 0.05) is 6.08 Å².